The van der Waals surface area contributed by atoms with Crippen LogP contribution >= 0.6 is 0 Å². The van der Waals surface area contributed by atoms with Crippen LogP contribution in [0.5, 0.6) is 5.75 Å². The second kappa shape index (κ2) is 9.94. The highest BCUT2D eigenvalue weighted by Crippen LogP contribution is 2.22. The van der Waals surface area contributed by atoms with Crippen LogP contribution in [-0.4, -0.2) is 17.9 Å². The van der Waals surface area contributed by atoms with Crippen molar-refractivity contribution in [2.24, 2.45) is 0 Å². The second-order valence-electron chi connectivity index (χ2n) is 7.67. The van der Waals surface area contributed by atoms with E-state index in [4.69, 9.17) is 4.74 Å². The van der Waals surface area contributed by atoms with E-state index in [0.717, 1.165) is 16.7 Å². The maximum absolute atomic E-state index is 12.9. The van der Waals surface area contributed by atoms with E-state index in [0.29, 0.717) is 17.0 Å². The van der Waals surface area contributed by atoms with E-state index in [1.165, 1.54) is 0 Å². The molecule has 0 radical (unpaired) electrons. The summed E-state index contributed by atoms with van der Waals surface area (Å²) in [5.41, 5.74) is 3.95. The summed E-state index contributed by atoms with van der Waals surface area (Å²) in [6, 6.07) is 22.3. The van der Waals surface area contributed by atoms with Crippen LogP contribution in [0.1, 0.15) is 46.9 Å². The van der Waals surface area contributed by atoms with E-state index in [2.05, 4.69) is 10.6 Å². The Morgan fingerprint density at radius 3 is 2.26 bits per heavy atom. The summed E-state index contributed by atoms with van der Waals surface area (Å²) < 4.78 is 5.84. The minimum Gasteiger partial charge on any atom is -0.481 e. The van der Waals surface area contributed by atoms with Crippen molar-refractivity contribution in [3.05, 3.63) is 95.1 Å². The predicted molar refractivity (Wildman–Crippen MR) is 123 cm³/mol. The predicted octanol–water partition coefficient (Wildman–Crippen LogP) is 5.20. The van der Waals surface area contributed by atoms with Crippen LogP contribution in [0.3, 0.4) is 0 Å². The summed E-state index contributed by atoms with van der Waals surface area (Å²) in [6.45, 7) is 7.57. The number of para-hydroxylation sites is 1. The Morgan fingerprint density at radius 2 is 1.55 bits per heavy atom. The molecule has 0 heterocycles. The topological polar surface area (TPSA) is 67.4 Å². The number of anilines is 1. The van der Waals surface area contributed by atoms with Gasteiger partial charge in [0.05, 0.1) is 17.3 Å². The average molecular weight is 417 g/mol. The minimum atomic E-state index is -0.722. The van der Waals surface area contributed by atoms with Gasteiger partial charge in [-0.15, -0.1) is 0 Å². The number of carbonyl (C=O) groups is 2. The van der Waals surface area contributed by atoms with Crippen molar-refractivity contribution in [3.8, 4) is 5.75 Å². The lowest BCUT2D eigenvalue weighted by molar-refractivity contribution is -0.122. The van der Waals surface area contributed by atoms with E-state index in [1.54, 1.807) is 31.2 Å². The van der Waals surface area contributed by atoms with E-state index in [1.807, 2.05) is 69.3 Å². The van der Waals surface area contributed by atoms with Gasteiger partial charge in [0.1, 0.15) is 5.75 Å². The van der Waals surface area contributed by atoms with E-state index in [9.17, 15) is 9.59 Å². The van der Waals surface area contributed by atoms with Gasteiger partial charge in [0.25, 0.3) is 11.8 Å². The largest absolute Gasteiger partial charge is 0.481 e. The van der Waals surface area contributed by atoms with Gasteiger partial charge in [-0.1, -0.05) is 60.2 Å². The molecule has 2 amide bonds. The van der Waals surface area contributed by atoms with Gasteiger partial charge in [-0.05, 0) is 57.0 Å². The number of rotatable bonds is 7. The molecule has 0 fully saturated rings. The molecule has 5 heteroatoms. The van der Waals surface area contributed by atoms with Crippen LogP contribution in [0.25, 0.3) is 0 Å². The average Bonchev–Trinajstić information content (AvgIpc) is 2.76. The van der Waals surface area contributed by atoms with Crippen LogP contribution < -0.4 is 15.4 Å². The molecule has 2 N–H and O–H groups in total. The Labute approximate surface area is 183 Å². The van der Waals surface area contributed by atoms with Gasteiger partial charge in [0.2, 0.25) is 0 Å². The van der Waals surface area contributed by atoms with E-state index < -0.39 is 6.10 Å². The van der Waals surface area contributed by atoms with Crippen molar-refractivity contribution >= 4 is 17.5 Å². The molecule has 3 rings (SSSR count). The fourth-order valence-corrected chi connectivity index (χ4v) is 3.30. The first-order valence-electron chi connectivity index (χ1n) is 10.3. The number of amides is 2. The van der Waals surface area contributed by atoms with Crippen molar-refractivity contribution < 1.29 is 14.3 Å². The van der Waals surface area contributed by atoms with E-state index >= 15 is 0 Å². The van der Waals surface area contributed by atoms with Crippen LogP contribution in [0.2, 0.25) is 0 Å². The zero-order valence-corrected chi connectivity index (χ0v) is 18.3. The first kappa shape index (κ1) is 22.1. The van der Waals surface area contributed by atoms with Crippen LogP contribution in [0, 0.1) is 13.8 Å². The number of hydrogen-bond acceptors (Lipinski definition) is 3. The highest BCUT2D eigenvalue weighted by atomic mass is 16.5. The minimum absolute atomic E-state index is 0.163. The number of ether oxygens (including phenoxy) is 1. The Balaban J connectivity index is 1.69. The number of aryl methyl sites for hydroxylation is 2. The van der Waals surface area contributed by atoms with Gasteiger partial charge < -0.3 is 15.4 Å². The Bertz CT molecular complexity index is 1060. The Kier molecular flexibility index (Phi) is 7.08. The van der Waals surface area contributed by atoms with Gasteiger partial charge in [0, 0.05) is 0 Å². The summed E-state index contributed by atoms with van der Waals surface area (Å²) in [5.74, 6) is 0.0856. The first-order valence-corrected chi connectivity index (χ1v) is 10.3. The molecule has 2 atom stereocenters. The number of carbonyl (C=O) groups excluding carboxylic acids is 2. The molecular weight excluding hydrogens is 388 g/mol. The van der Waals surface area contributed by atoms with Gasteiger partial charge in [-0.2, -0.15) is 0 Å². The van der Waals surface area contributed by atoms with Crippen LogP contribution in [0.4, 0.5) is 5.69 Å². The van der Waals surface area contributed by atoms with Crippen molar-refractivity contribution in [1.82, 2.24) is 5.32 Å². The lowest BCUT2D eigenvalue weighted by atomic mass is 10.1. The third-order valence-corrected chi connectivity index (χ3v) is 5.08. The van der Waals surface area contributed by atoms with Crippen LogP contribution in [-0.2, 0) is 4.79 Å². The van der Waals surface area contributed by atoms with Crippen molar-refractivity contribution in [2.75, 3.05) is 5.32 Å². The molecule has 0 saturated heterocycles. The molecule has 0 spiro atoms. The fraction of sp³-hybridized carbons (Fsp3) is 0.231. The van der Waals surface area contributed by atoms with Gasteiger partial charge >= 0.3 is 0 Å². The summed E-state index contributed by atoms with van der Waals surface area (Å²) in [7, 11) is 0. The van der Waals surface area contributed by atoms with Gasteiger partial charge in [-0.25, -0.2) is 0 Å². The normalized spacial score (nSPS) is 12.5. The number of hydrogen-bond donors (Lipinski definition) is 2. The third kappa shape index (κ3) is 5.72. The third-order valence-electron chi connectivity index (χ3n) is 5.08. The summed E-state index contributed by atoms with van der Waals surface area (Å²) >= 11 is 0. The van der Waals surface area contributed by atoms with Crippen molar-refractivity contribution in [3.63, 3.8) is 0 Å². The molecule has 0 aliphatic heterocycles. The molecule has 3 aromatic carbocycles. The molecule has 0 aliphatic rings. The molecular formula is C26H28N2O3. The molecule has 0 unspecified atom stereocenters. The highest BCUT2D eigenvalue weighted by Gasteiger charge is 2.20. The fourth-order valence-electron chi connectivity index (χ4n) is 3.30. The molecule has 5 nitrogen and oxygen atoms in total. The second-order valence-corrected chi connectivity index (χ2v) is 7.67. The molecule has 0 bridgehead atoms. The van der Waals surface area contributed by atoms with Crippen LogP contribution in [0.15, 0.2) is 72.8 Å². The highest BCUT2D eigenvalue weighted by molar-refractivity contribution is 6.04. The molecule has 160 valence electrons. The molecule has 31 heavy (non-hydrogen) atoms. The lowest BCUT2D eigenvalue weighted by Gasteiger charge is -2.19. The SMILES string of the molecule is Cc1ccc(O[C@H](C)C(=O)Nc2ccccc2C(=O)N[C@H](C)c2ccccc2)c(C)c1. The van der Waals surface area contributed by atoms with Gasteiger partial charge in [-0.3, -0.25) is 9.59 Å². The summed E-state index contributed by atoms with van der Waals surface area (Å²) in [5, 5.41) is 5.82. The first-order chi connectivity index (χ1) is 14.8. The lowest BCUT2D eigenvalue weighted by Crippen LogP contribution is -2.32. The van der Waals surface area contributed by atoms with Gasteiger partial charge in [0.15, 0.2) is 6.10 Å². The Hall–Kier alpha value is -3.60. The monoisotopic (exact) mass is 416 g/mol. The molecule has 3 aromatic rings. The van der Waals surface area contributed by atoms with E-state index in [-0.39, 0.29) is 17.9 Å². The zero-order valence-electron chi connectivity index (χ0n) is 18.3. The number of benzene rings is 3. The maximum Gasteiger partial charge on any atom is 0.265 e. The molecule has 0 saturated carbocycles. The smallest absolute Gasteiger partial charge is 0.265 e. The standard InChI is InChI=1S/C26H28N2O3/c1-17-14-15-24(18(2)16-17)31-20(4)25(29)28-23-13-9-8-12-22(23)26(30)27-19(3)21-10-6-5-7-11-21/h5-16,19-20H,1-4H3,(H,27,30)(H,28,29)/t19-,20-/m1/s1. The quantitative estimate of drug-likeness (QED) is 0.556. The molecule has 0 aliphatic carbocycles. The number of nitrogens with one attached hydrogen (secondary N) is 2. The maximum atomic E-state index is 12.9. The molecule has 0 aromatic heterocycles. The van der Waals surface area contributed by atoms with Crippen molar-refractivity contribution in [2.45, 2.75) is 39.8 Å². The zero-order chi connectivity index (χ0) is 22.4. The summed E-state index contributed by atoms with van der Waals surface area (Å²) in [6.07, 6.45) is -0.722. The Morgan fingerprint density at radius 1 is 0.871 bits per heavy atom. The summed E-state index contributed by atoms with van der Waals surface area (Å²) in [4.78, 5) is 25.6. The van der Waals surface area contributed by atoms with Crippen molar-refractivity contribution in [1.29, 1.82) is 0 Å².